The van der Waals surface area contributed by atoms with Crippen LogP contribution in [0.5, 0.6) is 0 Å². The summed E-state index contributed by atoms with van der Waals surface area (Å²) in [6, 6.07) is 5.12. The molecule has 5 nitrogen and oxygen atoms in total. The van der Waals surface area contributed by atoms with Crippen LogP contribution in [0.1, 0.15) is 36.0 Å². The van der Waals surface area contributed by atoms with Gasteiger partial charge in [-0.15, -0.1) is 0 Å². The van der Waals surface area contributed by atoms with Gasteiger partial charge in [0.1, 0.15) is 0 Å². The van der Waals surface area contributed by atoms with Gasteiger partial charge in [-0.25, -0.2) is 0 Å². The Hall–Kier alpha value is -1.59. The number of nitrogens with two attached hydrogens (primary N) is 1. The van der Waals surface area contributed by atoms with Crippen molar-refractivity contribution in [3.8, 4) is 0 Å². The van der Waals surface area contributed by atoms with Crippen molar-refractivity contribution in [2.75, 3.05) is 5.32 Å². The fourth-order valence-corrected chi connectivity index (χ4v) is 2.09. The molecule has 20 heavy (non-hydrogen) atoms. The van der Waals surface area contributed by atoms with E-state index in [1.165, 1.54) is 0 Å². The van der Waals surface area contributed by atoms with Gasteiger partial charge >= 0.3 is 0 Å². The van der Waals surface area contributed by atoms with Gasteiger partial charge < -0.3 is 16.4 Å². The minimum atomic E-state index is -0.740. The summed E-state index contributed by atoms with van der Waals surface area (Å²) in [6.45, 7) is 0. The van der Waals surface area contributed by atoms with Crippen molar-refractivity contribution in [3.63, 3.8) is 0 Å². The van der Waals surface area contributed by atoms with Crippen molar-refractivity contribution in [2.45, 2.75) is 37.3 Å². The number of rotatable bonds is 4. The molecule has 2 aliphatic carbocycles. The van der Waals surface area contributed by atoms with Crippen LogP contribution in [0.3, 0.4) is 0 Å². The standard InChI is InChI=1S/C14H16ClN3O2/c15-11-4-3-9(18-13(20)14(16)5-6-14)7-10(11)12(19)17-8-1-2-8/h3-4,7-8H,1-2,5-6,16H2,(H,17,19)(H,18,20). The van der Waals surface area contributed by atoms with E-state index in [0.29, 0.717) is 29.1 Å². The van der Waals surface area contributed by atoms with Gasteiger partial charge in [0.05, 0.1) is 16.1 Å². The molecule has 0 radical (unpaired) electrons. The molecular formula is C14H16ClN3O2. The SMILES string of the molecule is NC1(C(=O)Nc2ccc(Cl)c(C(=O)NC3CC3)c2)CC1. The predicted octanol–water partition coefficient (Wildman–Crippen LogP) is 1.66. The first-order valence-electron chi connectivity index (χ1n) is 6.69. The second-order valence-corrected chi connectivity index (χ2v) is 5.96. The maximum atomic E-state index is 12.0. The fraction of sp³-hybridized carbons (Fsp3) is 0.429. The molecule has 2 amide bonds. The van der Waals surface area contributed by atoms with E-state index < -0.39 is 5.54 Å². The molecule has 0 saturated heterocycles. The molecule has 0 aromatic heterocycles. The zero-order valence-electron chi connectivity index (χ0n) is 10.9. The summed E-state index contributed by atoms with van der Waals surface area (Å²) in [5.74, 6) is -0.421. The van der Waals surface area contributed by atoms with Crippen LogP contribution in [0.4, 0.5) is 5.69 Å². The molecule has 2 aliphatic rings. The predicted molar refractivity (Wildman–Crippen MR) is 76.7 cm³/mol. The molecule has 1 aromatic rings. The lowest BCUT2D eigenvalue weighted by Gasteiger charge is -2.12. The number of carbonyl (C=O) groups excluding carboxylic acids is 2. The summed E-state index contributed by atoms with van der Waals surface area (Å²) >= 11 is 6.04. The van der Waals surface area contributed by atoms with Gasteiger partial charge in [0.2, 0.25) is 5.91 Å². The molecule has 0 unspecified atom stereocenters. The number of amides is 2. The van der Waals surface area contributed by atoms with Crippen molar-refractivity contribution in [3.05, 3.63) is 28.8 Å². The summed E-state index contributed by atoms with van der Waals surface area (Å²) in [6.07, 6.45) is 3.41. The highest BCUT2D eigenvalue weighted by Gasteiger charge is 2.45. The highest BCUT2D eigenvalue weighted by molar-refractivity contribution is 6.34. The van der Waals surface area contributed by atoms with Crippen LogP contribution in [-0.4, -0.2) is 23.4 Å². The Morgan fingerprint density at radius 2 is 2.00 bits per heavy atom. The minimum Gasteiger partial charge on any atom is -0.349 e. The van der Waals surface area contributed by atoms with Crippen LogP contribution in [0.25, 0.3) is 0 Å². The third kappa shape index (κ3) is 2.78. The normalized spacial score (nSPS) is 19.3. The smallest absolute Gasteiger partial charge is 0.253 e. The first-order valence-corrected chi connectivity index (χ1v) is 7.06. The van der Waals surface area contributed by atoms with Crippen LogP contribution < -0.4 is 16.4 Å². The van der Waals surface area contributed by atoms with E-state index in [4.69, 9.17) is 17.3 Å². The minimum absolute atomic E-state index is 0.206. The van der Waals surface area contributed by atoms with Crippen LogP contribution in [0.2, 0.25) is 5.02 Å². The lowest BCUT2D eigenvalue weighted by Crippen LogP contribution is -2.37. The first kappa shape index (κ1) is 13.4. The molecule has 0 atom stereocenters. The van der Waals surface area contributed by atoms with Gasteiger partial charge in [0.15, 0.2) is 0 Å². The number of anilines is 1. The molecular weight excluding hydrogens is 278 g/mol. The quantitative estimate of drug-likeness (QED) is 0.789. The molecule has 0 bridgehead atoms. The van der Waals surface area contributed by atoms with E-state index in [0.717, 1.165) is 12.8 Å². The number of hydrogen-bond acceptors (Lipinski definition) is 3. The molecule has 0 aliphatic heterocycles. The van der Waals surface area contributed by atoms with Crippen LogP contribution >= 0.6 is 11.6 Å². The molecule has 4 N–H and O–H groups in total. The molecule has 1 aromatic carbocycles. The van der Waals surface area contributed by atoms with Gasteiger partial charge in [0, 0.05) is 11.7 Å². The highest BCUT2D eigenvalue weighted by atomic mass is 35.5. The van der Waals surface area contributed by atoms with E-state index in [1.807, 2.05) is 0 Å². The highest BCUT2D eigenvalue weighted by Crippen LogP contribution is 2.33. The Kier molecular flexibility index (Phi) is 3.18. The van der Waals surface area contributed by atoms with E-state index in [-0.39, 0.29) is 17.9 Å². The van der Waals surface area contributed by atoms with E-state index >= 15 is 0 Å². The van der Waals surface area contributed by atoms with Crippen molar-refractivity contribution >= 4 is 29.1 Å². The number of hydrogen-bond donors (Lipinski definition) is 3. The Morgan fingerprint density at radius 3 is 2.60 bits per heavy atom. The summed E-state index contributed by atoms with van der Waals surface area (Å²) in [5.41, 5.74) is 5.99. The van der Waals surface area contributed by atoms with Crippen LogP contribution in [-0.2, 0) is 4.79 Å². The van der Waals surface area contributed by atoms with Crippen molar-refractivity contribution in [1.29, 1.82) is 0 Å². The summed E-state index contributed by atoms with van der Waals surface area (Å²) < 4.78 is 0. The Morgan fingerprint density at radius 1 is 1.30 bits per heavy atom. The van der Waals surface area contributed by atoms with Gasteiger partial charge in [-0.3, -0.25) is 9.59 Å². The Labute approximate surface area is 121 Å². The lowest BCUT2D eigenvalue weighted by molar-refractivity contribution is -0.118. The molecule has 3 rings (SSSR count). The molecule has 0 heterocycles. The number of nitrogens with one attached hydrogen (secondary N) is 2. The maximum Gasteiger partial charge on any atom is 0.253 e. The molecule has 2 fully saturated rings. The third-order valence-electron chi connectivity index (χ3n) is 3.62. The number of carbonyl (C=O) groups is 2. The Bertz CT molecular complexity index is 580. The van der Waals surface area contributed by atoms with E-state index in [1.54, 1.807) is 18.2 Å². The first-order chi connectivity index (χ1) is 9.48. The summed E-state index contributed by atoms with van der Waals surface area (Å²) in [7, 11) is 0. The van der Waals surface area contributed by atoms with E-state index in [2.05, 4.69) is 10.6 Å². The van der Waals surface area contributed by atoms with Crippen molar-refractivity contribution in [2.24, 2.45) is 5.73 Å². The topological polar surface area (TPSA) is 84.2 Å². The van der Waals surface area contributed by atoms with Gasteiger partial charge in [-0.1, -0.05) is 11.6 Å². The van der Waals surface area contributed by atoms with Gasteiger partial charge in [-0.2, -0.15) is 0 Å². The summed E-state index contributed by atoms with van der Waals surface area (Å²) in [5, 5.41) is 5.98. The molecule has 106 valence electrons. The van der Waals surface area contributed by atoms with Gasteiger partial charge in [0.25, 0.3) is 5.91 Å². The molecule has 0 spiro atoms. The summed E-state index contributed by atoms with van der Waals surface area (Å²) in [4.78, 5) is 23.9. The second-order valence-electron chi connectivity index (χ2n) is 5.55. The average Bonchev–Trinajstić information content (AvgIpc) is 3.30. The number of halogens is 1. The lowest BCUT2D eigenvalue weighted by atomic mass is 10.1. The van der Waals surface area contributed by atoms with Crippen molar-refractivity contribution < 1.29 is 9.59 Å². The zero-order valence-corrected chi connectivity index (χ0v) is 11.7. The monoisotopic (exact) mass is 293 g/mol. The number of benzene rings is 1. The average molecular weight is 294 g/mol. The molecule has 2 saturated carbocycles. The Balaban J connectivity index is 1.75. The van der Waals surface area contributed by atoms with Gasteiger partial charge in [-0.05, 0) is 43.9 Å². The maximum absolute atomic E-state index is 12.0. The third-order valence-corrected chi connectivity index (χ3v) is 3.95. The van der Waals surface area contributed by atoms with Crippen LogP contribution in [0, 0.1) is 0 Å². The fourth-order valence-electron chi connectivity index (χ4n) is 1.89. The zero-order chi connectivity index (χ0) is 14.3. The second kappa shape index (κ2) is 4.75. The largest absolute Gasteiger partial charge is 0.349 e. The van der Waals surface area contributed by atoms with Crippen molar-refractivity contribution in [1.82, 2.24) is 5.32 Å². The van der Waals surface area contributed by atoms with E-state index in [9.17, 15) is 9.59 Å². The van der Waals surface area contributed by atoms with Crippen LogP contribution in [0.15, 0.2) is 18.2 Å². The molecule has 6 heteroatoms.